The lowest BCUT2D eigenvalue weighted by Crippen LogP contribution is -2.54. The number of piperidine rings is 3. The average Bonchev–Trinajstić information content (AvgIpc) is 3.63. The second-order valence-electron chi connectivity index (χ2n) is 15.3. The molecule has 0 saturated carbocycles. The van der Waals surface area contributed by atoms with Crippen LogP contribution in [0.4, 0.5) is 10.1 Å². The van der Waals surface area contributed by atoms with Crippen LogP contribution in [0.1, 0.15) is 87.2 Å². The summed E-state index contributed by atoms with van der Waals surface area (Å²) in [6.45, 7) is 7.84. The number of benzene rings is 3. The van der Waals surface area contributed by atoms with E-state index in [1.165, 1.54) is 6.07 Å². The highest BCUT2D eigenvalue weighted by Crippen LogP contribution is 2.35. The summed E-state index contributed by atoms with van der Waals surface area (Å²) in [6, 6.07) is 17.6. The van der Waals surface area contributed by atoms with E-state index in [0.717, 1.165) is 83.4 Å². The minimum absolute atomic E-state index is 0.0232. The van der Waals surface area contributed by atoms with Crippen LogP contribution in [0.15, 0.2) is 54.6 Å². The van der Waals surface area contributed by atoms with Crippen LogP contribution in [-0.4, -0.2) is 81.5 Å². The first-order chi connectivity index (χ1) is 27.5. The third-order valence-electron chi connectivity index (χ3n) is 11.9. The number of halogens is 2. The standard InChI is InChI=1S/C44H41ClFN7O4/c1-26-27(2)52(49-41(26)31-9-10-32(24-47)36(45)21-31)25-30-7-5-28(6-8-30)3-4-29-13-17-50(18-14-29)33-15-19-51(20-16-33)39-23-35-34(22-37(39)46)43(56)53(44(35)57)38-11-12-40(54)48-42(38)55/h5-10,21-23,29,33,38H,11-20,25H2,1-2H3,(H,48,54,55). The minimum Gasteiger partial charge on any atom is -0.369 e. The van der Waals surface area contributed by atoms with Gasteiger partial charge < -0.3 is 9.80 Å². The van der Waals surface area contributed by atoms with Crippen LogP contribution in [0, 0.1) is 48.8 Å². The van der Waals surface area contributed by atoms with Crippen molar-refractivity contribution in [2.45, 2.75) is 71.0 Å². The van der Waals surface area contributed by atoms with Crippen LogP contribution >= 0.6 is 11.6 Å². The molecule has 0 bridgehead atoms. The number of carbonyl (C=O) groups excluding carboxylic acids is 4. The van der Waals surface area contributed by atoms with Gasteiger partial charge in [0.25, 0.3) is 11.8 Å². The van der Waals surface area contributed by atoms with Gasteiger partial charge in [-0.3, -0.25) is 34.1 Å². The zero-order chi connectivity index (χ0) is 40.0. The monoisotopic (exact) mass is 785 g/mol. The van der Waals surface area contributed by atoms with E-state index in [-0.39, 0.29) is 29.7 Å². The normalized spacial score (nSPS) is 19.3. The van der Waals surface area contributed by atoms with E-state index in [9.17, 15) is 24.4 Å². The maximum absolute atomic E-state index is 15.5. The third kappa shape index (κ3) is 7.43. The number of hydrogen-bond donors (Lipinski definition) is 1. The fraction of sp³-hybridized carbons (Fsp3) is 0.364. The number of likely N-dealkylation sites (tertiary alicyclic amines) is 1. The van der Waals surface area contributed by atoms with Crippen LogP contribution in [0.5, 0.6) is 0 Å². The minimum atomic E-state index is -1.09. The number of anilines is 1. The first-order valence-corrected chi connectivity index (χ1v) is 19.8. The molecule has 4 amide bonds. The Bertz CT molecular complexity index is 2410. The zero-order valence-corrected chi connectivity index (χ0v) is 32.5. The van der Waals surface area contributed by atoms with Gasteiger partial charge in [-0.2, -0.15) is 10.4 Å². The second kappa shape index (κ2) is 15.6. The van der Waals surface area contributed by atoms with Crippen LogP contribution in [0.3, 0.4) is 0 Å². The Balaban J connectivity index is 0.827. The van der Waals surface area contributed by atoms with Crippen molar-refractivity contribution >= 4 is 40.9 Å². The molecule has 13 heteroatoms. The number of nitriles is 1. The van der Waals surface area contributed by atoms with E-state index >= 15 is 4.39 Å². The molecule has 1 N–H and O–H groups in total. The Morgan fingerprint density at radius 1 is 0.895 bits per heavy atom. The fourth-order valence-corrected chi connectivity index (χ4v) is 8.69. The highest BCUT2D eigenvalue weighted by Gasteiger charge is 2.45. The molecule has 4 aliphatic heterocycles. The molecule has 8 rings (SSSR count). The average molecular weight is 786 g/mol. The molecule has 11 nitrogen and oxygen atoms in total. The van der Waals surface area contributed by atoms with E-state index in [0.29, 0.717) is 42.2 Å². The molecule has 1 atom stereocenters. The number of nitrogens with zero attached hydrogens (tertiary/aromatic N) is 6. The summed E-state index contributed by atoms with van der Waals surface area (Å²) < 4.78 is 17.4. The summed E-state index contributed by atoms with van der Waals surface area (Å²) in [5.41, 5.74) is 6.72. The Morgan fingerprint density at radius 3 is 2.26 bits per heavy atom. The van der Waals surface area contributed by atoms with Crippen LogP contribution in [0.2, 0.25) is 5.02 Å². The topological polar surface area (TPSA) is 132 Å². The van der Waals surface area contributed by atoms with Gasteiger partial charge in [0.15, 0.2) is 0 Å². The van der Waals surface area contributed by atoms with Crippen molar-refractivity contribution in [3.05, 3.63) is 105 Å². The number of amides is 4. The van der Waals surface area contributed by atoms with Crippen molar-refractivity contribution in [3.8, 4) is 29.2 Å². The number of rotatable bonds is 6. The smallest absolute Gasteiger partial charge is 0.262 e. The first-order valence-electron chi connectivity index (χ1n) is 19.4. The van der Waals surface area contributed by atoms with Crippen molar-refractivity contribution in [1.82, 2.24) is 24.9 Å². The van der Waals surface area contributed by atoms with E-state index in [1.807, 2.05) is 22.6 Å². The van der Waals surface area contributed by atoms with Gasteiger partial charge in [-0.05, 0) is 107 Å². The van der Waals surface area contributed by atoms with Crippen molar-refractivity contribution in [3.63, 3.8) is 0 Å². The van der Waals surface area contributed by atoms with Gasteiger partial charge in [0, 0.05) is 48.3 Å². The molecule has 1 aromatic heterocycles. The lowest BCUT2D eigenvalue weighted by Gasteiger charge is -2.42. The highest BCUT2D eigenvalue weighted by atomic mass is 35.5. The Kier molecular flexibility index (Phi) is 10.4. The molecule has 3 saturated heterocycles. The molecule has 1 unspecified atom stereocenters. The van der Waals surface area contributed by atoms with E-state index in [2.05, 4.69) is 59.3 Å². The van der Waals surface area contributed by atoms with Crippen molar-refractivity contribution in [1.29, 1.82) is 5.26 Å². The van der Waals surface area contributed by atoms with Gasteiger partial charge in [-0.25, -0.2) is 4.39 Å². The molecule has 3 fully saturated rings. The Morgan fingerprint density at radius 2 is 1.60 bits per heavy atom. The Hall–Kier alpha value is -5.82. The van der Waals surface area contributed by atoms with Gasteiger partial charge in [-0.1, -0.05) is 41.6 Å². The molecule has 0 spiro atoms. The van der Waals surface area contributed by atoms with E-state index < -0.39 is 35.5 Å². The summed E-state index contributed by atoms with van der Waals surface area (Å²) in [6.07, 6.45) is 3.72. The zero-order valence-electron chi connectivity index (χ0n) is 31.8. The maximum Gasteiger partial charge on any atom is 0.262 e. The van der Waals surface area contributed by atoms with Crippen molar-refractivity contribution in [2.24, 2.45) is 5.92 Å². The predicted molar refractivity (Wildman–Crippen MR) is 212 cm³/mol. The van der Waals surface area contributed by atoms with Crippen LogP contribution in [0.25, 0.3) is 11.3 Å². The number of fused-ring (bicyclic) bond motifs is 1. The predicted octanol–water partition coefficient (Wildman–Crippen LogP) is 6.01. The van der Waals surface area contributed by atoms with Crippen molar-refractivity contribution in [2.75, 3.05) is 31.1 Å². The molecule has 290 valence electrons. The van der Waals surface area contributed by atoms with Gasteiger partial charge in [-0.15, -0.1) is 0 Å². The lowest BCUT2D eigenvalue weighted by molar-refractivity contribution is -0.136. The highest BCUT2D eigenvalue weighted by molar-refractivity contribution is 6.32. The molecular formula is C44H41ClFN7O4. The number of nitrogens with one attached hydrogen (secondary N) is 1. The van der Waals surface area contributed by atoms with E-state index in [1.54, 1.807) is 12.1 Å². The molecule has 3 aromatic carbocycles. The van der Waals surface area contributed by atoms with Gasteiger partial charge in [0.05, 0.1) is 39.6 Å². The van der Waals surface area contributed by atoms with Crippen molar-refractivity contribution < 1.29 is 23.6 Å². The number of hydrogen-bond acceptors (Lipinski definition) is 8. The summed E-state index contributed by atoms with van der Waals surface area (Å²) in [7, 11) is 0. The molecule has 5 heterocycles. The largest absolute Gasteiger partial charge is 0.369 e. The quantitative estimate of drug-likeness (QED) is 0.186. The second-order valence-corrected chi connectivity index (χ2v) is 15.7. The molecule has 57 heavy (non-hydrogen) atoms. The molecule has 0 radical (unpaired) electrons. The number of carbonyl (C=O) groups is 4. The third-order valence-corrected chi connectivity index (χ3v) is 12.2. The number of aromatic nitrogens is 2. The van der Waals surface area contributed by atoms with Crippen LogP contribution < -0.4 is 10.2 Å². The Labute approximate surface area is 335 Å². The number of imide groups is 2. The molecular weight excluding hydrogens is 745 g/mol. The fourth-order valence-electron chi connectivity index (χ4n) is 8.47. The molecule has 4 aliphatic rings. The van der Waals surface area contributed by atoms with Gasteiger partial charge >= 0.3 is 0 Å². The lowest BCUT2D eigenvalue weighted by atomic mass is 9.93. The first kappa shape index (κ1) is 38.1. The summed E-state index contributed by atoms with van der Waals surface area (Å²) >= 11 is 6.30. The van der Waals surface area contributed by atoms with Gasteiger partial charge in [0.1, 0.15) is 17.9 Å². The SMILES string of the molecule is Cc1c(-c2ccc(C#N)c(Cl)c2)nn(Cc2ccc(C#CC3CCN(C4CCN(c5cc6c(cc5F)C(=O)N(C5CCC(=O)NC5=O)C6=O)CC4)CC3)cc2)c1C. The van der Waals surface area contributed by atoms with Gasteiger partial charge in [0.2, 0.25) is 11.8 Å². The summed E-state index contributed by atoms with van der Waals surface area (Å²) in [4.78, 5) is 55.8. The van der Waals surface area contributed by atoms with Crippen LogP contribution in [-0.2, 0) is 16.1 Å². The van der Waals surface area contributed by atoms with E-state index in [4.69, 9.17) is 16.7 Å². The molecule has 0 aliphatic carbocycles. The molecule has 4 aromatic rings. The summed E-state index contributed by atoms with van der Waals surface area (Å²) in [5.74, 6) is 4.14. The maximum atomic E-state index is 15.5. The summed E-state index contributed by atoms with van der Waals surface area (Å²) in [5, 5.41) is 16.7.